The van der Waals surface area contributed by atoms with Crippen LogP contribution in [0.2, 0.25) is 0 Å². The number of nitrogens with zero attached hydrogens (tertiary/aromatic N) is 2. The molecule has 1 amide bonds. The smallest absolute Gasteiger partial charge is 0.342 e. The van der Waals surface area contributed by atoms with E-state index in [2.05, 4.69) is 10.4 Å². The molecule has 0 unspecified atom stereocenters. The summed E-state index contributed by atoms with van der Waals surface area (Å²) < 4.78 is 7.04. The molecule has 0 saturated heterocycles. The zero-order chi connectivity index (χ0) is 16.8. The van der Waals surface area contributed by atoms with Crippen molar-refractivity contribution in [1.82, 2.24) is 15.1 Å². The van der Waals surface area contributed by atoms with Crippen LogP contribution in [0, 0.1) is 6.92 Å². The summed E-state index contributed by atoms with van der Waals surface area (Å²) >= 11 is 0. The van der Waals surface area contributed by atoms with Gasteiger partial charge in [-0.15, -0.1) is 0 Å². The van der Waals surface area contributed by atoms with Crippen LogP contribution in [0.3, 0.4) is 0 Å². The minimum atomic E-state index is -0.243. The lowest BCUT2D eigenvalue weighted by Gasteiger charge is -2.08. The Hall–Kier alpha value is -3.08. The fourth-order valence-electron chi connectivity index (χ4n) is 2.23. The highest BCUT2D eigenvalue weighted by Gasteiger charge is 2.05. The van der Waals surface area contributed by atoms with Crippen LogP contribution in [0.4, 0.5) is 4.79 Å². The molecule has 1 aromatic heterocycles. The maximum absolute atomic E-state index is 11.9. The van der Waals surface area contributed by atoms with Crippen molar-refractivity contribution in [3.63, 3.8) is 0 Å². The molecule has 3 rings (SSSR count). The van der Waals surface area contributed by atoms with E-state index in [-0.39, 0.29) is 6.03 Å². The van der Waals surface area contributed by atoms with Gasteiger partial charge < -0.3 is 10.1 Å². The number of hydrogen-bond acceptors (Lipinski definition) is 3. The normalized spacial score (nSPS) is 10.4. The van der Waals surface area contributed by atoms with Crippen molar-refractivity contribution in [2.75, 3.05) is 0 Å². The summed E-state index contributed by atoms with van der Waals surface area (Å²) in [5, 5.41) is 6.81. The van der Waals surface area contributed by atoms with Crippen LogP contribution in [0.5, 0.6) is 5.75 Å². The van der Waals surface area contributed by atoms with Gasteiger partial charge in [0.05, 0.1) is 6.20 Å². The third kappa shape index (κ3) is 4.23. The molecule has 0 atom stereocenters. The molecule has 0 saturated carbocycles. The van der Waals surface area contributed by atoms with Gasteiger partial charge in [0.2, 0.25) is 0 Å². The highest BCUT2D eigenvalue weighted by molar-refractivity contribution is 5.75. The largest absolute Gasteiger partial charge is 0.489 e. The molecule has 122 valence electrons. The van der Waals surface area contributed by atoms with Crippen molar-refractivity contribution < 1.29 is 9.53 Å². The number of rotatable bonds is 5. The Morgan fingerprint density at radius 2 is 1.83 bits per heavy atom. The van der Waals surface area contributed by atoms with Gasteiger partial charge in [0.1, 0.15) is 12.4 Å². The number of nitrogens with one attached hydrogen (secondary N) is 1. The average Bonchev–Trinajstić information content (AvgIpc) is 3.06. The molecule has 3 aromatic rings. The van der Waals surface area contributed by atoms with Gasteiger partial charge in [-0.2, -0.15) is 9.78 Å². The quantitative estimate of drug-likeness (QED) is 0.782. The number of hydrogen-bond donors (Lipinski definition) is 1. The minimum Gasteiger partial charge on any atom is -0.489 e. The molecule has 0 aliphatic heterocycles. The Labute approximate surface area is 140 Å². The van der Waals surface area contributed by atoms with E-state index >= 15 is 0 Å². The molecule has 5 nitrogen and oxygen atoms in total. The van der Waals surface area contributed by atoms with Gasteiger partial charge in [-0.05, 0) is 35.7 Å². The van der Waals surface area contributed by atoms with Gasteiger partial charge in [-0.3, -0.25) is 0 Å². The lowest BCUT2D eigenvalue weighted by molar-refractivity contribution is 0.239. The summed E-state index contributed by atoms with van der Waals surface area (Å²) in [5.74, 6) is 0.802. The number of aryl methyl sites for hydroxylation is 1. The van der Waals surface area contributed by atoms with E-state index in [4.69, 9.17) is 4.74 Å². The van der Waals surface area contributed by atoms with Gasteiger partial charge in [0.15, 0.2) is 0 Å². The molecule has 1 heterocycles. The predicted octanol–water partition coefficient (Wildman–Crippen LogP) is 3.53. The number of benzene rings is 2. The van der Waals surface area contributed by atoms with Crippen LogP contribution in [0.1, 0.15) is 16.7 Å². The predicted molar refractivity (Wildman–Crippen MR) is 91.8 cm³/mol. The molecule has 0 bridgehead atoms. The molecule has 5 heteroatoms. The lowest BCUT2D eigenvalue weighted by atomic mass is 10.2. The Bertz CT molecular complexity index is 795. The van der Waals surface area contributed by atoms with Crippen LogP contribution in [0.15, 0.2) is 67.0 Å². The summed E-state index contributed by atoms with van der Waals surface area (Å²) in [6.07, 6.45) is 3.34. The van der Waals surface area contributed by atoms with Crippen LogP contribution in [-0.2, 0) is 13.2 Å². The monoisotopic (exact) mass is 321 g/mol. The average molecular weight is 321 g/mol. The van der Waals surface area contributed by atoms with Crippen molar-refractivity contribution in [2.45, 2.75) is 20.1 Å². The Morgan fingerprint density at radius 3 is 2.50 bits per heavy atom. The maximum Gasteiger partial charge on any atom is 0.342 e. The van der Waals surface area contributed by atoms with Crippen molar-refractivity contribution in [2.24, 2.45) is 0 Å². The second kappa shape index (κ2) is 7.46. The van der Waals surface area contributed by atoms with E-state index in [9.17, 15) is 4.79 Å². The van der Waals surface area contributed by atoms with E-state index in [1.807, 2.05) is 61.5 Å². The maximum atomic E-state index is 11.9. The second-order valence-electron chi connectivity index (χ2n) is 5.54. The molecule has 0 fully saturated rings. The third-order valence-corrected chi connectivity index (χ3v) is 3.54. The molecule has 0 radical (unpaired) electrons. The molecule has 1 N–H and O–H groups in total. The Kier molecular flexibility index (Phi) is 4.91. The fraction of sp³-hybridized carbons (Fsp3) is 0.158. The van der Waals surface area contributed by atoms with E-state index in [0.29, 0.717) is 13.2 Å². The van der Waals surface area contributed by atoms with E-state index < -0.39 is 0 Å². The number of carbonyl (C=O) groups excluding carboxylic acids is 1. The van der Waals surface area contributed by atoms with E-state index in [1.54, 1.807) is 12.4 Å². The number of amides is 1. The zero-order valence-corrected chi connectivity index (χ0v) is 13.5. The molecule has 0 aliphatic rings. The van der Waals surface area contributed by atoms with Gasteiger partial charge in [-0.1, -0.05) is 42.5 Å². The molecular formula is C19H19N3O2. The molecule has 24 heavy (non-hydrogen) atoms. The summed E-state index contributed by atoms with van der Waals surface area (Å²) in [7, 11) is 0. The van der Waals surface area contributed by atoms with Crippen LogP contribution < -0.4 is 10.1 Å². The van der Waals surface area contributed by atoms with Gasteiger partial charge in [-0.25, -0.2) is 4.79 Å². The zero-order valence-electron chi connectivity index (χ0n) is 13.5. The van der Waals surface area contributed by atoms with E-state index in [1.165, 1.54) is 4.68 Å². The van der Waals surface area contributed by atoms with Gasteiger partial charge >= 0.3 is 6.03 Å². The minimum absolute atomic E-state index is 0.243. The van der Waals surface area contributed by atoms with Crippen molar-refractivity contribution in [1.29, 1.82) is 0 Å². The first-order chi connectivity index (χ1) is 11.7. The summed E-state index contributed by atoms with van der Waals surface area (Å²) in [6.45, 7) is 2.87. The molecule has 0 aliphatic carbocycles. The van der Waals surface area contributed by atoms with Gasteiger partial charge in [0.25, 0.3) is 0 Å². The summed E-state index contributed by atoms with van der Waals surface area (Å²) in [6, 6.07) is 17.5. The number of ether oxygens (including phenoxy) is 1. The third-order valence-electron chi connectivity index (χ3n) is 3.54. The van der Waals surface area contributed by atoms with Crippen LogP contribution in [-0.4, -0.2) is 15.8 Å². The fourth-order valence-corrected chi connectivity index (χ4v) is 2.23. The first-order valence-corrected chi connectivity index (χ1v) is 7.76. The van der Waals surface area contributed by atoms with Crippen molar-refractivity contribution in [3.8, 4) is 5.75 Å². The highest BCUT2D eigenvalue weighted by Crippen LogP contribution is 2.14. The Balaban J connectivity index is 1.50. The molecule has 2 aromatic carbocycles. The Morgan fingerprint density at radius 1 is 1.08 bits per heavy atom. The lowest BCUT2D eigenvalue weighted by Crippen LogP contribution is -2.28. The summed E-state index contributed by atoms with van der Waals surface area (Å²) in [4.78, 5) is 11.9. The molecule has 0 spiro atoms. The van der Waals surface area contributed by atoms with Crippen molar-refractivity contribution in [3.05, 3.63) is 83.7 Å². The standard InChI is InChI=1S/C19H19N3O2/c1-15-11-21-22(13-15)19(23)20-12-16-7-9-18(10-8-16)24-14-17-5-3-2-4-6-17/h2-11,13H,12,14H2,1H3,(H,20,23). The topological polar surface area (TPSA) is 56.2 Å². The van der Waals surface area contributed by atoms with E-state index in [0.717, 1.165) is 22.4 Å². The summed E-state index contributed by atoms with van der Waals surface area (Å²) in [5.41, 5.74) is 3.08. The number of aromatic nitrogens is 2. The van der Waals surface area contributed by atoms with Gasteiger partial charge in [0, 0.05) is 12.7 Å². The van der Waals surface area contributed by atoms with Crippen LogP contribution in [0.25, 0.3) is 0 Å². The second-order valence-corrected chi connectivity index (χ2v) is 5.54. The highest BCUT2D eigenvalue weighted by atomic mass is 16.5. The first-order valence-electron chi connectivity index (χ1n) is 7.76. The van der Waals surface area contributed by atoms with Crippen LogP contribution >= 0.6 is 0 Å². The SMILES string of the molecule is Cc1cnn(C(=O)NCc2ccc(OCc3ccccc3)cc2)c1. The molecular weight excluding hydrogens is 302 g/mol. The first kappa shape index (κ1) is 15.8. The number of carbonyl (C=O) groups is 1. The van der Waals surface area contributed by atoms with Crippen molar-refractivity contribution >= 4 is 6.03 Å².